The highest BCUT2D eigenvalue weighted by molar-refractivity contribution is 5.94. The Morgan fingerprint density at radius 1 is 1.38 bits per heavy atom. The van der Waals surface area contributed by atoms with Crippen LogP contribution in [0.4, 0.5) is 13.2 Å². The highest BCUT2D eigenvalue weighted by Crippen LogP contribution is 2.30. The quantitative estimate of drug-likeness (QED) is 0.853. The lowest BCUT2D eigenvalue weighted by Gasteiger charge is -2.09. The van der Waals surface area contributed by atoms with Gasteiger partial charge in [0.05, 0.1) is 5.56 Å². The zero-order valence-corrected chi connectivity index (χ0v) is 13.3. The van der Waals surface area contributed by atoms with Crippen LogP contribution in [-0.2, 0) is 24.4 Å². The van der Waals surface area contributed by atoms with E-state index >= 15 is 0 Å². The molecule has 8 heteroatoms. The van der Waals surface area contributed by atoms with Crippen LogP contribution < -0.4 is 5.32 Å². The summed E-state index contributed by atoms with van der Waals surface area (Å²) in [5.74, 6) is 0.362. The van der Waals surface area contributed by atoms with Crippen LogP contribution in [0.3, 0.4) is 0 Å². The Morgan fingerprint density at radius 3 is 2.75 bits per heavy atom. The van der Waals surface area contributed by atoms with E-state index in [-0.39, 0.29) is 5.91 Å². The smallest absolute Gasteiger partial charge is 0.352 e. The molecule has 0 spiro atoms. The van der Waals surface area contributed by atoms with Crippen LogP contribution >= 0.6 is 0 Å². The predicted molar refractivity (Wildman–Crippen MR) is 82.8 cm³/mol. The number of hydrogen-bond donors (Lipinski definition) is 1. The molecule has 1 N–H and O–H groups in total. The van der Waals surface area contributed by atoms with Crippen LogP contribution in [0.5, 0.6) is 0 Å². The summed E-state index contributed by atoms with van der Waals surface area (Å²) in [7, 11) is 1.80. The summed E-state index contributed by atoms with van der Waals surface area (Å²) in [6, 6.07) is 4.88. The molecule has 0 bridgehead atoms. The van der Waals surface area contributed by atoms with Crippen molar-refractivity contribution in [3.8, 4) is 0 Å². The Labute approximate surface area is 137 Å². The molecular weight excluding hydrogens is 321 g/mol. The van der Waals surface area contributed by atoms with E-state index in [4.69, 9.17) is 0 Å². The molecule has 0 saturated carbocycles. The first kappa shape index (κ1) is 17.7. The highest BCUT2D eigenvalue weighted by Gasteiger charge is 2.30. The summed E-state index contributed by atoms with van der Waals surface area (Å²) in [6.45, 7) is 1.95. The maximum absolute atomic E-state index is 12.7. The summed E-state index contributed by atoms with van der Waals surface area (Å²) in [4.78, 5) is 11.9. The van der Waals surface area contributed by atoms with Crippen molar-refractivity contribution in [2.45, 2.75) is 19.5 Å². The molecule has 0 fully saturated rings. The second-order valence-electron chi connectivity index (χ2n) is 5.31. The molecule has 5 nitrogen and oxygen atoms in total. The molecule has 0 saturated heterocycles. The van der Waals surface area contributed by atoms with Gasteiger partial charge < -0.3 is 9.88 Å². The molecule has 0 radical (unpaired) electrons. The van der Waals surface area contributed by atoms with Crippen molar-refractivity contribution in [1.82, 2.24) is 20.1 Å². The number of nitrogens with one attached hydrogen (secondary N) is 1. The zero-order valence-electron chi connectivity index (χ0n) is 13.3. The maximum atomic E-state index is 12.7. The molecule has 1 aromatic heterocycles. The van der Waals surface area contributed by atoms with Crippen molar-refractivity contribution in [2.75, 3.05) is 6.54 Å². The maximum Gasteiger partial charge on any atom is 0.416 e. The van der Waals surface area contributed by atoms with E-state index in [2.05, 4.69) is 15.5 Å². The van der Waals surface area contributed by atoms with Crippen molar-refractivity contribution in [1.29, 1.82) is 0 Å². The summed E-state index contributed by atoms with van der Waals surface area (Å²) >= 11 is 0. The van der Waals surface area contributed by atoms with Gasteiger partial charge >= 0.3 is 6.18 Å². The first-order valence-electron chi connectivity index (χ1n) is 7.24. The Morgan fingerprint density at radius 2 is 2.12 bits per heavy atom. The van der Waals surface area contributed by atoms with Gasteiger partial charge in [-0.1, -0.05) is 12.1 Å². The number of carbonyl (C=O) groups is 1. The van der Waals surface area contributed by atoms with Crippen LogP contribution in [-0.4, -0.2) is 27.2 Å². The second-order valence-corrected chi connectivity index (χ2v) is 5.31. The Bertz CT molecular complexity index is 750. The third-order valence-corrected chi connectivity index (χ3v) is 3.45. The van der Waals surface area contributed by atoms with Gasteiger partial charge in [0.2, 0.25) is 5.91 Å². The van der Waals surface area contributed by atoms with Crippen LogP contribution in [0.15, 0.2) is 36.7 Å². The number of aromatic nitrogens is 3. The molecule has 0 aliphatic heterocycles. The number of allylic oxidation sites excluding steroid dienone is 1. The number of hydrogen-bond acceptors (Lipinski definition) is 3. The normalized spacial score (nSPS) is 12.3. The summed E-state index contributed by atoms with van der Waals surface area (Å²) in [6.07, 6.45) is -1.05. The molecule has 2 rings (SSSR count). The SMILES string of the molecule is C/C(=C/C(=O)NCCc1nncn1C)c1cccc(C(F)(F)F)c1. The molecular formula is C16H17F3N4O. The zero-order chi connectivity index (χ0) is 17.7. The molecule has 0 aliphatic carbocycles. The number of nitrogens with zero attached hydrogens (tertiary/aromatic N) is 3. The van der Waals surface area contributed by atoms with Crippen molar-refractivity contribution >= 4 is 11.5 Å². The molecule has 1 aromatic carbocycles. The molecule has 0 aliphatic rings. The van der Waals surface area contributed by atoms with Gasteiger partial charge in [-0.25, -0.2) is 0 Å². The summed E-state index contributed by atoms with van der Waals surface area (Å²) < 4.78 is 39.9. The van der Waals surface area contributed by atoms with Crippen LogP contribution in [0.25, 0.3) is 5.57 Å². The van der Waals surface area contributed by atoms with Crippen LogP contribution in [0.1, 0.15) is 23.9 Å². The van der Waals surface area contributed by atoms with Gasteiger partial charge in [-0.3, -0.25) is 4.79 Å². The average Bonchev–Trinajstić information content (AvgIpc) is 2.92. The number of halogens is 3. The van der Waals surface area contributed by atoms with Crippen molar-refractivity contribution < 1.29 is 18.0 Å². The number of rotatable bonds is 5. The van der Waals surface area contributed by atoms with E-state index in [9.17, 15) is 18.0 Å². The number of carbonyl (C=O) groups excluding carboxylic acids is 1. The Hall–Kier alpha value is -2.64. The third-order valence-electron chi connectivity index (χ3n) is 3.45. The van der Waals surface area contributed by atoms with Crippen molar-refractivity contribution in [3.63, 3.8) is 0 Å². The topological polar surface area (TPSA) is 59.8 Å². The minimum absolute atomic E-state index is 0.355. The van der Waals surface area contributed by atoms with E-state index in [1.807, 2.05) is 0 Å². The summed E-state index contributed by atoms with van der Waals surface area (Å²) in [5, 5.41) is 10.3. The van der Waals surface area contributed by atoms with E-state index < -0.39 is 11.7 Å². The van der Waals surface area contributed by atoms with Gasteiger partial charge in [0.25, 0.3) is 0 Å². The standard InChI is InChI=1S/C16H17F3N4O/c1-11(12-4-3-5-13(9-12)16(17,18)19)8-15(24)20-7-6-14-22-21-10-23(14)2/h3-5,8-10H,6-7H2,1-2H3,(H,20,24)/b11-8-. The lowest BCUT2D eigenvalue weighted by atomic mass is 10.0. The van der Waals surface area contributed by atoms with Crippen LogP contribution in [0, 0.1) is 0 Å². The highest BCUT2D eigenvalue weighted by atomic mass is 19.4. The van der Waals surface area contributed by atoms with Crippen molar-refractivity contribution in [2.24, 2.45) is 7.05 Å². The van der Waals surface area contributed by atoms with Gasteiger partial charge in [-0.15, -0.1) is 10.2 Å². The monoisotopic (exact) mass is 338 g/mol. The molecule has 1 amide bonds. The van der Waals surface area contributed by atoms with Gasteiger partial charge in [0.1, 0.15) is 12.2 Å². The third kappa shape index (κ3) is 4.68. The number of alkyl halides is 3. The fourth-order valence-electron chi connectivity index (χ4n) is 2.10. The number of benzene rings is 1. The van der Waals surface area contributed by atoms with E-state index in [0.717, 1.165) is 18.0 Å². The fourth-order valence-corrected chi connectivity index (χ4v) is 2.10. The molecule has 0 unspecified atom stereocenters. The Kier molecular flexibility index (Phi) is 5.38. The molecule has 128 valence electrons. The first-order valence-corrected chi connectivity index (χ1v) is 7.24. The number of aryl methyl sites for hydroxylation is 1. The molecule has 2 aromatic rings. The lowest BCUT2D eigenvalue weighted by molar-refractivity contribution is -0.137. The van der Waals surface area contributed by atoms with Crippen LogP contribution in [0.2, 0.25) is 0 Å². The van der Waals surface area contributed by atoms with E-state index in [1.54, 1.807) is 24.9 Å². The van der Waals surface area contributed by atoms with Gasteiger partial charge in [-0.05, 0) is 30.2 Å². The van der Waals surface area contributed by atoms with Gasteiger partial charge in [0.15, 0.2) is 0 Å². The largest absolute Gasteiger partial charge is 0.416 e. The van der Waals surface area contributed by atoms with Crippen molar-refractivity contribution in [3.05, 3.63) is 53.6 Å². The fraction of sp³-hybridized carbons (Fsp3) is 0.312. The first-order chi connectivity index (χ1) is 11.3. The number of amides is 1. The molecule has 1 heterocycles. The predicted octanol–water partition coefficient (Wildman–Crippen LogP) is 2.60. The average molecular weight is 338 g/mol. The lowest BCUT2D eigenvalue weighted by Crippen LogP contribution is -2.24. The minimum Gasteiger partial charge on any atom is -0.352 e. The van der Waals surface area contributed by atoms with E-state index in [1.165, 1.54) is 18.2 Å². The van der Waals surface area contributed by atoms with Gasteiger partial charge in [-0.2, -0.15) is 13.2 Å². The minimum atomic E-state index is -4.41. The van der Waals surface area contributed by atoms with E-state index in [0.29, 0.717) is 24.1 Å². The summed E-state index contributed by atoms with van der Waals surface area (Å²) in [5.41, 5.74) is 0.0703. The molecule has 0 atom stereocenters. The van der Waals surface area contributed by atoms with Gasteiger partial charge in [0, 0.05) is 26.1 Å². The second kappa shape index (κ2) is 7.29. The molecule has 24 heavy (non-hydrogen) atoms. The Balaban J connectivity index is 1.97.